The average molecular weight is 420 g/mol. The van der Waals surface area contributed by atoms with E-state index in [1.165, 1.54) is 4.31 Å². The molecule has 0 aliphatic heterocycles. The van der Waals surface area contributed by atoms with Gasteiger partial charge in [0.25, 0.3) is 0 Å². The number of aryl methyl sites for hydroxylation is 2. The highest BCUT2D eigenvalue weighted by Crippen LogP contribution is 2.26. The van der Waals surface area contributed by atoms with Gasteiger partial charge in [0.2, 0.25) is 15.9 Å². The molecule has 0 saturated heterocycles. The first kappa shape index (κ1) is 22.7. The molecule has 0 heterocycles. The molecule has 29 heavy (non-hydrogen) atoms. The molecule has 1 amide bonds. The van der Waals surface area contributed by atoms with Gasteiger partial charge in [0, 0.05) is 18.8 Å². The zero-order valence-electron chi connectivity index (χ0n) is 17.6. The molecule has 158 valence electrons. The molecule has 2 aromatic rings. The molecular formula is C21H29N3O4S. The van der Waals surface area contributed by atoms with Gasteiger partial charge in [-0.3, -0.25) is 4.79 Å². The fraction of sp³-hybridized carbons (Fsp3) is 0.381. The number of methoxy groups -OCH3 is 1. The number of benzene rings is 2. The topological polar surface area (TPSA) is 87.7 Å². The number of nitrogens with one attached hydrogen (secondary N) is 2. The molecule has 0 atom stereocenters. The zero-order chi connectivity index (χ0) is 21.6. The van der Waals surface area contributed by atoms with Gasteiger partial charge < -0.3 is 15.4 Å². The normalized spacial score (nSPS) is 11.4. The van der Waals surface area contributed by atoms with E-state index >= 15 is 0 Å². The molecular weight excluding hydrogens is 390 g/mol. The highest BCUT2D eigenvalue weighted by atomic mass is 32.2. The molecule has 0 saturated carbocycles. The smallest absolute Gasteiger partial charge is 0.243 e. The van der Waals surface area contributed by atoms with Gasteiger partial charge in [-0.1, -0.05) is 26.0 Å². The van der Waals surface area contributed by atoms with E-state index in [0.29, 0.717) is 35.8 Å². The second kappa shape index (κ2) is 9.76. The van der Waals surface area contributed by atoms with E-state index < -0.39 is 10.0 Å². The number of ether oxygens (including phenoxy) is 1. The first-order valence-corrected chi connectivity index (χ1v) is 11.0. The number of nitrogens with zero attached hydrogens (tertiary/aromatic N) is 1. The van der Waals surface area contributed by atoms with Crippen molar-refractivity contribution in [3.63, 3.8) is 0 Å². The average Bonchev–Trinajstić information content (AvgIpc) is 2.68. The van der Waals surface area contributed by atoms with Crippen molar-refractivity contribution in [2.24, 2.45) is 0 Å². The quantitative estimate of drug-likeness (QED) is 0.650. The van der Waals surface area contributed by atoms with E-state index in [1.807, 2.05) is 32.9 Å². The van der Waals surface area contributed by atoms with Gasteiger partial charge in [0.05, 0.1) is 24.2 Å². The van der Waals surface area contributed by atoms with Crippen LogP contribution < -0.4 is 15.4 Å². The molecule has 0 bridgehead atoms. The summed E-state index contributed by atoms with van der Waals surface area (Å²) >= 11 is 0. The molecule has 0 fully saturated rings. The van der Waals surface area contributed by atoms with Crippen LogP contribution in [-0.4, -0.2) is 45.4 Å². The summed E-state index contributed by atoms with van der Waals surface area (Å²) < 4.78 is 32.4. The minimum absolute atomic E-state index is 0.00901. The maximum Gasteiger partial charge on any atom is 0.243 e. The van der Waals surface area contributed by atoms with Crippen LogP contribution in [0.1, 0.15) is 25.0 Å². The minimum atomic E-state index is -3.58. The minimum Gasteiger partial charge on any atom is -0.495 e. The van der Waals surface area contributed by atoms with Crippen molar-refractivity contribution in [1.82, 2.24) is 4.31 Å². The molecule has 2 aromatic carbocycles. The number of sulfonamides is 1. The number of hydrogen-bond acceptors (Lipinski definition) is 5. The third-order valence-electron chi connectivity index (χ3n) is 4.59. The van der Waals surface area contributed by atoms with Gasteiger partial charge >= 0.3 is 0 Å². The summed E-state index contributed by atoms with van der Waals surface area (Å²) in [6.07, 6.45) is 0. The Kier molecular flexibility index (Phi) is 7.64. The van der Waals surface area contributed by atoms with Gasteiger partial charge in [-0.2, -0.15) is 4.31 Å². The van der Waals surface area contributed by atoms with Gasteiger partial charge in [-0.25, -0.2) is 8.42 Å². The SMILES string of the molecule is CCN(CC)S(=O)(=O)c1cc(NCC(=O)Nc2cc(C)ccc2OC)ccc1C. The molecule has 2 rings (SSSR count). The lowest BCUT2D eigenvalue weighted by molar-refractivity contribution is -0.114. The van der Waals surface area contributed by atoms with Crippen LogP contribution in [0.15, 0.2) is 41.3 Å². The van der Waals surface area contributed by atoms with E-state index in [4.69, 9.17) is 4.74 Å². The van der Waals surface area contributed by atoms with Crippen molar-refractivity contribution in [3.05, 3.63) is 47.5 Å². The third-order valence-corrected chi connectivity index (χ3v) is 6.79. The summed E-state index contributed by atoms with van der Waals surface area (Å²) in [5.41, 5.74) is 2.82. The Morgan fingerprint density at radius 3 is 2.38 bits per heavy atom. The van der Waals surface area contributed by atoms with Crippen molar-refractivity contribution in [2.75, 3.05) is 37.4 Å². The van der Waals surface area contributed by atoms with Crippen molar-refractivity contribution >= 4 is 27.3 Å². The van der Waals surface area contributed by atoms with Crippen LogP contribution in [0, 0.1) is 13.8 Å². The van der Waals surface area contributed by atoms with Crippen LogP contribution in [0.5, 0.6) is 5.75 Å². The van der Waals surface area contributed by atoms with E-state index in [9.17, 15) is 13.2 Å². The van der Waals surface area contributed by atoms with E-state index in [1.54, 1.807) is 38.3 Å². The molecule has 0 radical (unpaired) electrons. The second-order valence-electron chi connectivity index (χ2n) is 6.68. The number of carbonyl (C=O) groups is 1. The monoisotopic (exact) mass is 419 g/mol. The molecule has 8 heteroatoms. The predicted molar refractivity (Wildman–Crippen MR) is 116 cm³/mol. The molecule has 0 aromatic heterocycles. The molecule has 0 aliphatic rings. The van der Waals surface area contributed by atoms with Gasteiger partial charge in [0.1, 0.15) is 5.75 Å². The molecule has 0 aliphatic carbocycles. The first-order chi connectivity index (χ1) is 13.7. The summed E-state index contributed by atoms with van der Waals surface area (Å²) in [7, 11) is -2.03. The molecule has 7 nitrogen and oxygen atoms in total. The number of carbonyl (C=O) groups excluding carboxylic acids is 1. The largest absolute Gasteiger partial charge is 0.495 e. The van der Waals surface area contributed by atoms with Crippen LogP contribution in [0.3, 0.4) is 0 Å². The Labute approximate surface area is 173 Å². The van der Waals surface area contributed by atoms with E-state index in [-0.39, 0.29) is 17.3 Å². The lowest BCUT2D eigenvalue weighted by Crippen LogP contribution is -2.31. The number of anilines is 2. The van der Waals surface area contributed by atoms with Crippen molar-refractivity contribution in [3.8, 4) is 5.75 Å². The maximum atomic E-state index is 12.9. The number of hydrogen-bond donors (Lipinski definition) is 2. The van der Waals surface area contributed by atoms with Crippen molar-refractivity contribution in [1.29, 1.82) is 0 Å². The van der Waals surface area contributed by atoms with Gasteiger partial charge in [0.15, 0.2) is 0 Å². The molecule has 0 spiro atoms. The van der Waals surface area contributed by atoms with Crippen LogP contribution in [-0.2, 0) is 14.8 Å². The predicted octanol–water partition coefficient (Wildman–Crippen LogP) is 3.39. The summed E-state index contributed by atoms with van der Waals surface area (Å²) in [6.45, 7) is 8.09. The Balaban J connectivity index is 2.14. The number of rotatable bonds is 9. The Morgan fingerprint density at radius 2 is 1.76 bits per heavy atom. The third kappa shape index (κ3) is 5.48. The van der Waals surface area contributed by atoms with E-state index in [0.717, 1.165) is 5.56 Å². The highest BCUT2D eigenvalue weighted by Gasteiger charge is 2.23. The van der Waals surface area contributed by atoms with Crippen molar-refractivity contribution in [2.45, 2.75) is 32.6 Å². The van der Waals surface area contributed by atoms with Crippen LogP contribution in [0.2, 0.25) is 0 Å². The molecule has 0 unspecified atom stereocenters. The Bertz CT molecular complexity index is 970. The van der Waals surface area contributed by atoms with Crippen LogP contribution in [0.4, 0.5) is 11.4 Å². The highest BCUT2D eigenvalue weighted by molar-refractivity contribution is 7.89. The summed E-state index contributed by atoms with van der Waals surface area (Å²) in [5, 5.41) is 5.81. The van der Waals surface area contributed by atoms with Gasteiger partial charge in [-0.05, 0) is 49.2 Å². The fourth-order valence-corrected chi connectivity index (χ4v) is 4.70. The zero-order valence-corrected chi connectivity index (χ0v) is 18.4. The van der Waals surface area contributed by atoms with Gasteiger partial charge in [-0.15, -0.1) is 0 Å². The van der Waals surface area contributed by atoms with Crippen molar-refractivity contribution < 1.29 is 17.9 Å². The standard InChI is InChI=1S/C21H29N3O4S/c1-6-24(7-2)29(26,27)20-13-17(10-9-16(20)4)22-14-21(25)23-18-12-15(3)8-11-19(18)28-5/h8-13,22H,6-7,14H2,1-5H3,(H,23,25). The summed E-state index contributed by atoms with van der Waals surface area (Å²) in [6, 6.07) is 10.6. The first-order valence-electron chi connectivity index (χ1n) is 9.52. The Morgan fingerprint density at radius 1 is 1.07 bits per heavy atom. The summed E-state index contributed by atoms with van der Waals surface area (Å²) in [4.78, 5) is 12.6. The lowest BCUT2D eigenvalue weighted by atomic mass is 10.2. The lowest BCUT2D eigenvalue weighted by Gasteiger charge is -2.20. The van der Waals surface area contributed by atoms with Crippen LogP contribution >= 0.6 is 0 Å². The van der Waals surface area contributed by atoms with E-state index in [2.05, 4.69) is 10.6 Å². The second-order valence-corrected chi connectivity index (χ2v) is 8.58. The fourth-order valence-electron chi connectivity index (χ4n) is 2.99. The molecule has 2 N–H and O–H groups in total. The Hall–Kier alpha value is -2.58. The van der Waals surface area contributed by atoms with Crippen LogP contribution in [0.25, 0.3) is 0 Å². The number of amides is 1. The summed E-state index contributed by atoms with van der Waals surface area (Å²) in [5.74, 6) is 0.314. The maximum absolute atomic E-state index is 12.9.